The number of carbonyl (C=O) groups excluding carboxylic acids is 3. The van der Waals surface area contributed by atoms with Crippen molar-refractivity contribution in [1.82, 2.24) is 5.32 Å². The van der Waals surface area contributed by atoms with Crippen molar-refractivity contribution in [3.63, 3.8) is 0 Å². The van der Waals surface area contributed by atoms with Gasteiger partial charge in [0.25, 0.3) is 11.8 Å². The van der Waals surface area contributed by atoms with Crippen LogP contribution in [0.5, 0.6) is 5.75 Å². The van der Waals surface area contributed by atoms with E-state index in [1.54, 1.807) is 30.3 Å². The van der Waals surface area contributed by atoms with E-state index in [9.17, 15) is 14.4 Å². The molecule has 0 saturated carbocycles. The molecular formula is C16H14ClN3O4. The SMILES string of the molecule is NC(=O)c1ccc(Cl)cc1OCC(=O)NC(=O)Nc1ccccc1. The first-order valence-electron chi connectivity index (χ1n) is 6.84. The molecule has 2 rings (SSSR count). The molecule has 4 N–H and O–H groups in total. The fraction of sp³-hybridized carbons (Fsp3) is 0.0625. The summed E-state index contributed by atoms with van der Waals surface area (Å²) in [6, 6.07) is 12.1. The van der Waals surface area contributed by atoms with Gasteiger partial charge in [-0.25, -0.2) is 4.79 Å². The van der Waals surface area contributed by atoms with E-state index in [4.69, 9.17) is 22.1 Å². The third kappa shape index (κ3) is 4.99. The van der Waals surface area contributed by atoms with Crippen LogP contribution >= 0.6 is 11.6 Å². The Morgan fingerprint density at radius 2 is 1.79 bits per heavy atom. The average molecular weight is 348 g/mol. The van der Waals surface area contributed by atoms with Gasteiger partial charge in [-0.05, 0) is 30.3 Å². The number of urea groups is 1. The lowest BCUT2D eigenvalue weighted by atomic mass is 10.2. The number of halogens is 1. The summed E-state index contributed by atoms with van der Waals surface area (Å²) >= 11 is 5.81. The molecule has 0 radical (unpaired) electrons. The molecule has 0 bridgehead atoms. The number of rotatable bonds is 5. The topological polar surface area (TPSA) is 111 Å². The maximum Gasteiger partial charge on any atom is 0.325 e. The fourth-order valence-corrected chi connectivity index (χ4v) is 1.97. The lowest BCUT2D eigenvalue weighted by molar-refractivity contribution is -0.121. The van der Waals surface area contributed by atoms with Gasteiger partial charge in [0.15, 0.2) is 6.61 Å². The van der Waals surface area contributed by atoms with Crippen LogP contribution in [0.4, 0.5) is 10.5 Å². The summed E-state index contributed by atoms with van der Waals surface area (Å²) in [6.07, 6.45) is 0. The van der Waals surface area contributed by atoms with Crippen molar-refractivity contribution < 1.29 is 19.1 Å². The predicted molar refractivity (Wildman–Crippen MR) is 89.1 cm³/mol. The molecule has 0 aliphatic heterocycles. The third-order valence-corrected chi connectivity index (χ3v) is 3.09. The minimum Gasteiger partial charge on any atom is -0.483 e. The van der Waals surface area contributed by atoms with Gasteiger partial charge in [0.2, 0.25) is 0 Å². The summed E-state index contributed by atoms with van der Waals surface area (Å²) in [7, 11) is 0. The van der Waals surface area contributed by atoms with Crippen LogP contribution in [-0.4, -0.2) is 24.5 Å². The van der Waals surface area contributed by atoms with Crippen molar-refractivity contribution in [3.8, 4) is 5.75 Å². The normalized spacial score (nSPS) is 9.88. The zero-order valence-corrected chi connectivity index (χ0v) is 13.2. The van der Waals surface area contributed by atoms with E-state index in [-0.39, 0.29) is 11.3 Å². The number of nitrogens with two attached hydrogens (primary N) is 1. The Kier molecular flexibility index (Phi) is 5.75. The number of carbonyl (C=O) groups is 3. The molecule has 0 heterocycles. The van der Waals surface area contributed by atoms with Crippen molar-refractivity contribution in [3.05, 3.63) is 59.1 Å². The Morgan fingerprint density at radius 1 is 1.08 bits per heavy atom. The van der Waals surface area contributed by atoms with Crippen LogP contribution in [0.1, 0.15) is 10.4 Å². The molecule has 0 fully saturated rings. The second-order valence-corrected chi connectivity index (χ2v) is 5.10. The van der Waals surface area contributed by atoms with E-state index < -0.39 is 24.5 Å². The van der Waals surface area contributed by atoms with Gasteiger partial charge in [-0.1, -0.05) is 29.8 Å². The zero-order chi connectivity index (χ0) is 17.5. The van der Waals surface area contributed by atoms with E-state index >= 15 is 0 Å². The zero-order valence-electron chi connectivity index (χ0n) is 12.4. The quantitative estimate of drug-likeness (QED) is 0.769. The molecule has 124 valence electrons. The number of hydrogen-bond donors (Lipinski definition) is 3. The summed E-state index contributed by atoms with van der Waals surface area (Å²) in [4.78, 5) is 34.7. The number of anilines is 1. The molecule has 0 aliphatic carbocycles. The predicted octanol–water partition coefficient (Wildman–Crippen LogP) is 2.17. The lowest BCUT2D eigenvalue weighted by Gasteiger charge is -2.10. The molecule has 0 aliphatic rings. The van der Waals surface area contributed by atoms with Crippen LogP contribution < -0.4 is 21.1 Å². The highest BCUT2D eigenvalue weighted by Gasteiger charge is 2.13. The molecule has 0 saturated heterocycles. The van der Waals surface area contributed by atoms with Gasteiger partial charge in [0, 0.05) is 10.7 Å². The van der Waals surface area contributed by atoms with E-state index in [2.05, 4.69) is 10.6 Å². The minimum absolute atomic E-state index is 0.0635. The fourth-order valence-electron chi connectivity index (χ4n) is 1.81. The molecule has 4 amide bonds. The molecule has 2 aromatic rings. The first-order chi connectivity index (χ1) is 11.5. The highest BCUT2D eigenvalue weighted by atomic mass is 35.5. The summed E-state index contributed by atoms with van der Waals surface area (Å²) < 4.78 is 5.21. The third-order valence-electron chi connectivity index (χ3n) is 2.85. The maximum atomic E-state index is 11.7. The summed E-state index contributed by atoms with van der Waals surface area (Å²) in [5.74, 6) is -1.35. The van der Waals surface area contributed by atoms with Crippen LogP contribution in [0.25, 0.3) is 0 Å². The Balaban J connectivity index is 1.90. The van der Waals surface area contributed by atoms with Crippen molar-refractivity contribution >= 4 is 35.1 Å². The minimum atomic E-state index is -0.719. The molecule has 7 nitrogen and oxygen atoms in total. The number of ether oxygens (including phenoxy) is 1. The van der Waals surface area contributed by atoms with Gasteiger partial charge >= 0.3 is 6.03 Å². The van der Waals surface area contributed by atoms with Crippen LogP contribution in [0, 0.1) is 0 Å². The van der Waals surface area contributed by atoms with Gasteiger partial charge in [-0.2, -0.15) is 0 Å². The van der Waals surface area contributed by atoms with Crippen LogP contribution in [0.2, 0.25) is 5.02 Å². The van der Waals surface area contributed by atoms with Crippen LogP contribution in [-0.2, 0) is 4.79 Å². The Morgan fingerprint density at radius 3 is 2.46 bits per heavy atom. The van der Waals surface area contributed by atoms with Crippen molar-refractivity contribution in [2.24, 2.45) is 5.73 Å². The van der Waals surface area contributed by atoms with Gasteiger partial charge in [-0.3, -0.25) is 14.9 Å². The number of hydrogen-bond acceptors (Lipinski definition) is 4. The monoisotopic (exact) mass is 347 g/mol. The summed E-state index contributed by atoms with van der Waals surface area (Å²) in [5, 5.41) is 4.90. The standard InChI is InChI=1S/C16H14ClN3O4/c17-10-6-7-12(15(18)22)13(8-10)24-9-14(21)20-16(23)19-11-4-2-1-3-5-11/h1-8H,9H2,(H2,18,22)(H2,19,20,21,23). The molecule has 8 heteroatoms. The second kappa shape index (κ2) is 7.98. The highest BCUT2D eigenvalue weighted by Crippen LogP contribution is 2.23. The molecule has 24 heavy (non-hydrogen) atoms. The van der Waals surface area contributed by atoms with Gasteiger partial charge in [-0.15, -0.1) is 0 Å². The molecule has 0 unspecified atom stereocenters. The number of amides is 4. The van der Waals surface area contributed by atoms with Crippen molar-refractivity contribution in [1.29, 1.82) is 0 Å². The van der Waals surface area contributed by atoms with Crippen LogP contribution in [0.3, 0.4) is 0 Å². The van der Waals surface area contributed by atoms with E-state index in [0.29, 0.717) is 10.7 Å². The lowest BCUT2D eigenvalue weighted by Crippen LogP contribution is -2.37. The second-order valence-electron chi connectivity index (χ2n) is 4.66. The number of para-hydroxylation sites is 1. The Bertz CT molecular complexity index is 765. The van der Waals surface area contributed by atoms with E-state index in [1.807, 2.05) is 0 Å². The first-order valence-corrected chi connectivity index (χ1v) is 7.21. The number of imide groups is 1. The summed E-state index contributed by atoms with van der Waals surface area (Å²) in [5.41, 5.74) is 5.83. The maximum absolute atomic E-state index is 11.7. The highest BCUT2D eigenvalue weighted by molar-refractivity contribution is 6.30. The summed E-state index contributed by atoms with van der Waals surface area (Å²) in [6.45, 7) is -0.483. The van der Waals surface area contributed by atoms with Crippen LogP contribution in [0.15, 0.2) is 48.5 Å². The Labute approximate surface area is 142 Å². The van der Waals surface area contributed by atoms with Crippen molar-refractivity contribution in [2.45, 2.75) is 0 Å². The Hall–Kier alpha value is -3.06. The van der Waals surface area contributed by atoms with E-state index in [0.717, 1.165) is 0 Å². The van der Waals surface area contributed by atoms with Gasteiger partial charge in [0.05, 0.1) is 5.56 Å². The molecular weight excluding hydrogens is 334 g/mol. The van der Waals surface area contributed by atoms with Crippen molar-refractivity contribution in [2.75, 3.05) is 11.9 Å². The number of primary amides is 1. The smallest absolute Gasteiger partial charge is 0.325 e. The molecule has 0 spiro atoms. The number of nitrogens with one attached hydrogen (secondary N) is 2. The van der Waals surface area contributed by atoms with Gasteiger partial charge < -0.3 is 15.8 Å². The molecule has 0 atom stereocenters. The molecule has 0 aromatic heterocycles. The average Bonchev–Trinajstić information content (AvgIpc) is 2.53. The molecule has 2 aromatic carbocycles. The first kappa shape index (κ1) is 17.3. The largest absolute Gasteiger partial charge is 0.483 e. The van der Waals surface area contributed by atoms with Gasteiger partial charge in [0.1, 0.15) is 5.75 Å². The van der Waals surface area contributed by atoms with E-state index in [1.165, 1.54) is 18.2 Å². The number of benzene rings is 2.